The maximum atomic E-state index is 14.3. The molecule has 7 nitrogen and oxygen atoms in total. The number of sulfonamides is 1. The van der Waals surface area contributed by atoms with E-state index in [9.17, 15) is 17.6 Å². The highest BCUT2D eigenvalue weighted by Gasteiger charge is 2.25. The number of nitrogens with zero attached hydrogens (tertiary/aromatic N) is 4. The molecule has 2 aromatic carbocycles. The normalized spacial score (nSPS) is 11.8. The molecule has 182 valence electrons. The van der Waals surface area contributed by atoms with Crippen LogP contribution in [0.5, 0.6) is 0 Å². The average molecular weight is 513 g/mol. The Labute approximate surface area is 207 Å². The molecule has 0 aliphatic carbocycles. The molecule has 1 amide bonds. The number of halogens is 1. The van der Waals surface area contributed by atoms with E-state index in [4.69, 9.17) is 0 Å². The van der Waals surface area contributed by atoms with E-state index in [-0.39, 0.29) is 22.5 Å². The van der Waals surface area contributed by atoms with Gasteiger partial charge in [-0.15, -0.1) is 0 Å². The standard InChI is InChI=1S/C25H25FN4O3S2/c1-3-4-16-29(2)35(32,33)20-13-11-18(12-14-20)24(31)30(17-19-8-5-6-15-27-19)25-28-23-21(26)9-7-10-22(23)34-25/h5-15H,3-4,16-17H2,1-2H3. The van der Waals surface area contributed by atoms with Gasteiger partial charge in [0.25, 0.3) is 5.91 Å². The maximum Gasteiger partial charge on any atom is 0.260 e. The minimum atomic E-state index is -3.65. The van der Waals surface area contributed by atoms with Gasteiger partial charge < -0.3 is 0 Å². The second-order valence-electron chi connectivity index (χ2n) is 8.00. The summed E-state index contributed by atoms with van der Waals surface area (Å²) in [6, 6.07) is 15.9. The summed E-state index contributed by atoms with van der Waals surface area (Å²) in [6.07, 6.45) is 3.28. The largest absolute Gasteiger partial charge is 0.278 e. The minimum absolute atomic E-state index is 0.117. The first kappa shape index (κ1) is 24.9. The molecule has 0 saturated heterocycles. The predicted molar refractivity (Wildman–Crippen MR) is 135 cm³/mol. The summed E-state index contributed by atoms with van der Waals surface area (Å²) in [5.41, 5.74) is 1.12. The van der Waals surface area contributed by atoms with Crippen LogP contribution < -0.4 is 4.90 Å². The lowest BCUT2D eigenvalue weighted by molar-refractivity contribution is 0.0984. The van der Waals surface area contributed by atoms with Gasteiger partial charge in [0, 0.05) is 25.4 Å². The first-order valence-corrected chi connectivity index (χ1v) is 13.4. The van der Waals surface area contributed by atoms with Gasteiger partial charge in [-0.25, -0.2) is 22.1 Å². The molecule has 4 rings (SSSR count). The lowest BCUT2D eigenvalue weighted by Gasteiger charge is -2.20. The molecule has 10 heteroatoms. The molecule has 0 radical (unpaired) electrons. The summed E-state index contributed by atoms with van der Waals surface area (Å²) in [5, 5.41) is 0.330. The molecular formula is C25H25FN4O3S2. The number of carbonyl (C=O) groups excluding carboxylic acids is 1. The summed E-state index contributed by atoms with van der Waals surface area (Å²) in [6.45, 7) is 2.55. The molecule has 0 fully saturated rings. The molecule has 2 aromatic heterocycles. The highest BCUT2D eigenvalue weighted by atomic mass is 32.2. The molecule has 0 atom stereocenters. The van der Waals surface area contributed by atoms with Gasteiger partial charge in [-0.2, -0.15) is 0 Å². The van der Waals surface area contributed by atoms with Gasteiger partial charge in [0.05, 0.1) is 21.8 Å². The number of benzene rings is 2. The summed E-state index contributed by atoms with van der Waals surface area (Å²) in [4.78, 5) is 23.8. The number of unbranched alkanes of at least 4 members (excludes halogenated alkanes) is 1. The Hall–Kier alpha value is -3.21. The third-order valence-electron chi connectivity index (χ3n) is 5.52. The van der Waals surface area contributed by atoms with Crippen molar-refractivity contribution in [1.82, 2.24) is 14.3 Å². The lowest BCUT2D eigenvalue weighted by Crippen LogP contribution is -2.31. The van der Waals surface area contributed by atoms with Gasteiger partial charge >= 0.3 is 0 Å². The van der Waals surface area contributed by atoms with Crippen LogP contribution in [0.2, 0.25) is 0 Å². The number of para-hydroxylation sites is 1. The number of fused-ring (bicyclic) bond motifs is 1. The number of hydrogen-bond donors (Lipinski definition) is 0. The topological polar surface area (TPSA) is 83.5 Å². The fourth-order valence-electron chi connectivity index (χ4n) is 3.50. The molecule has 0 spiro atoms. The van der Waals surface area contributed by atoms with Gasteiger partial charge in [-0.1, -0.05) is 36.8 Å². The van der Waals surface area contributed by atoms with Crippen molar-refractivity contribution in [2.75, 3.05) is 18.5 Å². The van der Waals surface area contributed by atoms with Crippen molar-refractivity contribution < 1.29 is 17.6 Å². The van der Waals surface area contributed by atoms with Crippen molar-refractivity contribution in [3.8, 4) is 0 Å². The third kappa shape index (κ3) is 5.39. The fourth-order valence-corrected chi connectivity index (χ4v) is 5.69. The number of rotatable bonds is 9. The van der Waals surface area contributed by atoms with Crippen molar-refractivity contribution in [3.05, 3.63) is 83.9 Å². The van der Waals surface area contributed by atoms with Crippen molar-refractivity contribution in [3.63, 3.8) is 0 Å². The van der Waals surface area contributed by atoms with Crippen LogP contribution in [0.25, 0.3) is 10.2 Å². The van der Waals surface area contributed by atoms with E-state index < -0.39 is 21.7 Å². The SMILES string of the molecule is CCCCN(C)S(=O)(=O)c1ccc(C(=O)N(Cc2ccccn2)c2nc3c(F)cccc3s2)cc1. The number of anilines is 1. The highest BCUT2D eigenvalue weighted by molar-refractivity contribution is 7.89. The molecule has 0 saturated carbocycles. The van der Waals surface area contributed by atoms with Crippen LogP contribution in [0.15, 0.2) is 71.8 Å². The van der Waals surface area contributed by atoms with E-state index >= 15 is 0 Å². The smallest absolute Gasteiger partial charge is 0.260 e. The number of aromatic nitrogens is 2. The first-order chi connectivity index (χ1) is 16.8. The van der Waals surface area contributed by atoms with Crippen LogP contribution >= 0.6 is 11.3 Å². The van der Waals surface area contributed by atoms with Crippen molar-refractivity contribution in [1.29, 1.82) is 0 Å². The predicted octanol–water partition coefficient (Wildman–Crippen LogP) is 5.10. The van der Waals surface area contributed by atoms with E-state index in [0.29, 0.717) is 22.1 Å². The Balaban J connectivity index is 1.67. The second kappa shape index (κ2) is 10.6. The average Bonchev–Trinajstić information content (AvgIpc) is 3.31. The maximum absolute atomic E-state index is 14.3. The number of amides is 1. The third-order valence-corrected chi connectivity index (χ3v) is 8.43. The van der Waals surface area contributed by atoms with Gasteiger partial charge in [-0.05, 0) is 55.0 Å². The zero-order chi connectivity index (χ0) is 25.0. The Bertz CT molecular complexity index is 1420. The number of thiazole rings is 1. The zero-order valence-corrected chi connectivity index (χ0v) is 21.0. The van der Waals surface area contributed by atoms with Crippen LogP contribution in [-0.2, 0) is 16.6 Å². The van der Waals surface area contributed by atoms with E-state index in [1.807, 2.05) is 13.0 Å². The summed E-state index contributed by atoms with van der Waals surface area (Å²) in [7, 11) is -2.10. The molecule has 4 aromatic rings. The molecule has 0 bridgehead atoms. The lowest BCUT2D eigenvalue weighted by atomic mass is 10.2. The van der Waals surface area contributed by atoms with Crippen LogP contribution in [0.3, 0.4) is 0 Å². The van der Waals surface area contributed by atoms with Crippen LogP contribution in [-0.4, -0.2) is 42.2 Å². The van der Waals surface area contributed by atoms with E-state index in [1.54, 1.807) is 37.5 Å². The van der Waals surface area contributed by atoms with Crippen molar-refractivity contribution >= 4 is 42.6 Å². The molecule has 35 heavy (non-hydrogen) atoms. The quantitative estimate of drug-likeness (QED) is 0.312. The van der Waals surface area contributed by atoms with E-state index in [2.05, 4.69) is 9.97 Å². The summed E-state index contributed by atoms with van der Waals surface area (Å²) >= 11 is 1.20. The molecule has 0 aliphatic heterocycles. The molecule has 0 unspecified atom stereocenters. The highest BCUT2D eigenvalue weighted by Crippen LogP contribution is 2.32. The fraction of sp³-hybridized carbons (Fsp3) is 0.240. The first-order valence-electron chi connectivity index (χ1n) is 11.1. The van der Waals surface area contributed by atoms with Crippen LogP contribution in [0.4, 0.5) is 9.52 Å². The summed E-state index contributed by atoms with van der Waals surface area (Å²) in [5.74, 6) is -0.851. The molecule has 0 aliphatic rings. The van der Waals surface area contributed by atoms with Gasteiger partial charge in [0.1, 0.15) is 11.3 Å². The second-order valence-corrected chi connectivity index (χ2v) is 11.1. The van der Waals surface area contributed by atoms with E-state index in [1.165, 1.54) is 50.9 Å². The Morgan fingerprint density at radius 1 is 1.06 bits per heavy atom. The Morgan fingerprint density at radius 2 is 1.83 bits per heavy atom. The Kier molecular flexibility index (Phi) is 7.54. The number of hydrogen-bond acceptors (Lipinski definition) is 6. The summed E-state index contributed by atoms with van der Waals surface area (Å²) < 4.78 is 41.9. The Morgan fingerprint density at radius 3 is 2.49 bits per heavy atom. The molecule has 2 heterocycles. The van der Waals surface area contributed by atoms with Gasteiger partial charge in [0.2, 0.25) is 10.0 Å². The number of pyridine rings is 1. The number of carbonyl (C=O) groups is 1. The van der Waals surface area contributed by atoms with Crippen LogP contribution in [0.1, 0.15) is 35.8 Å². The van der Waals surface area contributed by atoms with Gasteiger partial charge in [-0.3, -0.25) is 14.7 Å². The minimum Gasteiger partial charge on any atom is -0.278 e. The molecular weight excluding hydrogens is 487 g/mol. The van der Waals surface area contributed by atoms with E-state index in [0.717, 1.165) is 12.8 Å². The van der Waals surface area contributed by atoms with Crippen LogP contribution in [0, 0.1) is 5.82 Å². The van der Waals surface area contributed by atoms with Crippen molar-refractivity contribution in [2.45, 2.75) is 31.2 Å². The molecule has 0 N–H and O–H groups in total. The zero-order valence-electron chi connectivity index (χ0n) is 19.4. The monoisotopic (exact) mass is 512 g/mol. The van der Waals surface area contributed by atoms with Crippen molar-refractivity contribution in [2.24, 2.45) is 0 Å². The van der Waals surface area contributed by atoms with Gasteiger partial charge in [0.15, 0.2) is 5.13 Å².